The fourth-order valence-electron chi connectivity index (χ4n) is 2.49. The van der Waals surface area contributed by atoms with Crippen molar-refractivity contribution in [1.29, 1.82) is 0 Å². The van der Waals surface area contributed by atoms with E-state index in [-0.39, 0.29) is 11.9 Å². The molecule has 0 aromatic heterocycles. The van der Waals surface area contributed by atoms with Crippen molar-refractivity contribution in [2.75, 3.05) is 43.6 Å². The van der Waals surface area contributed by atoms with Gasteiger partial charge < -0.3 is 20.3 Å². The van der Waals surface area contributed by atoms with E-state index in [0.29, 0.717) is 13.2 Å². The summed E-state index contributed by atoms with van der Waals surface area (Å²) in [6.45, 7) is 5.21. The summed E-state index contributed by atoms with van der Waals surface area (Å²) in [6, 6.07) is 8.03. The first-order chi connectivity index (χ1) is 10.2. The van der Waals surface area contributed by atoms with Gasteiger partial charge in [0.2, 0.25) is 5.91 Å². The largest absolute Gasteiger partial charge is 0.383 e. The Hall–Kier alpha value is -1.75. The number of hydrogen-bond acceptors (Lipinski definition) is 4. The van der Waals surface area contributed by atoms with Gasteiger partial charge in [0.1, 0.15) is 6.04 Å². The molecule has 1 aromatic carbocycles. The van der Waals surface area contributed by atoms with Crippen molar-refractivity contribution in [3.63, 3.8) is 0 Å². The standard InChI is InChI=1S/C16H25N3O2/c1-13(16(20)17-9-12-21-2)18-14-5-7-15(8-6-14)19-10-3-4-11-19/h5-8,13,18H,3-4,9-12H2,1-2H3,(H,17,20). The van der Waals surface area contributed by atoms with E-state index < -0.39 is 0 Å². The second-order valence-corrected chi connectivity index (χ2v) is 5.39. The maximum atomic E-state index is 11.9. The topological polar surface area (TPSA) is 53.6 Å². The number of nitrogens with one attached hydrogen (secondary N) is 2. The van der Waals surface area contributed by atoms with Crippen molar-refractivity contribution in [3.8, 4) is 0 Å². The van der Waals surface area contributed by atoms with Gasteiger partial charge in [-0.3, -0.25) is 4.79 Å². The number of amides is 1. The van der Waals surface area contributed by atoms with Gasteiger partial charge in [-0.05, 0) is 44.0 Å². The minimum absolute atomic E-state index is 0.0179. The van der Waals surface area contributed by atoms with Gasteiger partial charge in [-0.15, -0.1) is 0 Å². The molecule has 1 aliphatic heterocycles. The minimum atomic E-state index is -0.264. The minimum Gasteiger partial charge on any atom is -0.383 e. The highest BCUT2D eigenvalue weighted by Crippen LogP contribution is 2.22. The highest BCUT2D eigenvalue weighted by Gasteiger charge is 2.14. The van der Waals surface area contributed by atoms with E-state index in [1.807, 2.05) is 19.1 Å². The van der Waals surface area contributed by atoms with Crippen molar-refractivity contribution in [3.05, 3.63) is 24.3 Å². The fraction of sp³-hybridized carbons (Fsp3) is 0.562. The molecular weight excluding hydrogens is 266 g/mol. The third kappa shape index (κ3) is 4.63. The van der Waals surface area contributed by atoms with E-state index in [9.17, 15) is 4.79 Å². The summed E-state index contributed by atoms with van der Waals surface area (Å²) in [5.74, 6) is -0.0179. The van der Waals surface area contributed by atoms with E-state index >= 15 is 0 Å². The molecular formula is C16H25N3O2. The van der Waals surface area contributed by atoms with Crippen LogP contribution in [-0.4, -0.2) is 45.3 Å². The first-order valence-corrected chi connectivity index (χ1v) is 7.59. The lowest BCUT2D eigenvalue weighted by molar-refractivity contribution is -0.121. The summed E-state index contributed by atoms with van der Waals surface area (Å²) in [4.78, 5) is 14.3. The Morgan fingerprint density at radius 2 is 1.95 bits per heavy atom. The molecule has 5 heteroatoms. The number of hydrogen-bond donors (Lipinski definition) is 2. The molecule has 0 saturated carbocycles. The summed E-state index contributed by atoms with van der Waals surface area (Å²) in [6.07, 6.45) is 2.55. The van der Waals surface area contributed by atoms with E-state index in [1.165, 1.54) is 18.5 Å². The number of benzene rings is 1. The fourth-order valence-corrected chi connectivity index (χ4v) is 2.49. The lowest BCUT2D eigenvalue weighted by Crippen LogP contribution is -2.39. The van der Waals surface area contributed by atoms with Crippen LogP contribution in [0.15, 0.2) is 24.3 Å². The summed E-state index contributed by atoms with van der Waals surface area (Å²) in [7, 11) is 1.62. The third-order valence-corrected chi connectivity index (χ3v) is 3.72. The van der Waals surface area contributed by atoms with Crippen molar-refractivity contribution in [2.45, 2.75) is 25.8 Å². The highest BCUT2D eigenvalue weighted by molar-refractivity contribution is 5.84. The highest BCUT2D eigenvalue weighted by atomic mass is 16.5. The van der Waals surface area contributed by atoms with Crippen LogP contribution in [0.2, 0.25) is 0 Å². The molecule has 0 radical (unpaired) electrons. The average molecular weight is 291 g/mol. The Balaban J connectivity index is 1.83. The predicted octanol–water partition coefficient (Wildman–Crippen LogP) is 1.85. The van der Waals surface area contributed by atoms with Gasteiger partial charge in [0.05, 0.1) is 6.61 Å². The van der Waals surface area contributed by atoms with Crippen molar-refractivity contribution in [1.82, 2.24) is 5.32 Å². The van der Waals surface area contributed by atoms with E-state index in [2.05, 4.69) is 27.7 Å². The maximum Gasteiger partial charge on any atom is 0.242 e. The average Bonchev–Trinajstić information content (AvgIpc) is 3.02. The molecule has 0 bridgehead atoms. The molecule has 116 valence electrons. The number of ether oxygens (including phenoxy) is 1. The molecule has 2 rings (SSSR count). The zero-order valence-electron chi connectivity index (χ0n) is 12.9. The predicted molar refractivity (Wildman–Crippen MR) is 85.9 cm³/mol. The number of carbonyl (C=O) groups excluding carboxylic acids is 1. The van der Waals surface area contributed by atoms with Crippen LogP contribution in [-0.2, 0) is 9.53 Å². The Kier molecular flexibility index (Phi) is 5.87. The lowest BCUT2D eigenvalue weighted by atomic mass is 10.2. The Labute approximate surface area is 126 Å². The number of methoxy groups -OCH3 is 1. The van der Waals surface area contributed by atoms with Gasteiger partial charge in [0, 0.05) is 38.1 Å². The molecule has 21 heavy (non-hydrogen) atoms. The molecule has 5 nitrogen and oxygen atoms in total. The van der Waals surface area contributed by atoms with Gasteiger partial charge in [-0.25, -0.2) is 0 Å². The number of carbonyl (C=O) groups is 1. The zero-order chi connectivity index (χ0) is 15.1. The molecule has 1 saturated heterocycles. The summed E-state index contributed by atoms with van der Waals surface area (Å²) in [5, 5.41) is 6.04. The van der Waals surface area contributed by atoms with Crippen LogP contribution in [0.5, 0.6) is 0 Å². The summed E-state index contributed by atoms with van der Waals surface area (Å²) < 4.78 is 4.91. The maximum absolute atomic E-state index is 11.9. The van der Waals surface area contributed by atoms with Gasteiger partial charge >= 0.3 is 0 Å². The van der Waals surface area contributed by atoms with E-state index in [0.717, 1.165) is 18.8 Å². The molecule has 1 unspecified atom stereocenters. The summed E-state index contributed by atoms with van der Waals surface area (Å²) in [5.41, 5.74) is 2.22. The molecule has 1 atom stereocenters. The van der Waals surface area contributed by atoms with Gasteiger partial charge in [0.25, 0.3) is 0 Å². The Morgan fingerprint density at radius 3 is 2.57 bits per heavy atom. The monoisotopic (exact) mass is 291 g/mol. The number of nitrogens with zero attached hydrogens (tertiary/aromatic N) is 1. The van der Waals surface area contributed by atoms with E-state index in [1.54, 1.807) is 7.11 Å². The summed E-state index contributed by atoms with van der Waals surface area (Å²) >= 11 is 0. The molecule has 1 heterocycles. The number of anilines is 2. The Morgan fingerprint density at radius 1 is 1.29 bits per heavy atom. The van der Waals surface area contributed by atoms with Crippen LogP contribution >= 0.6 is 0 Å². The quantitative estimate of drug-likeness (QED) is 0.753. The van der Waals surface area contributed by atoms with Crippen LogP contribution < -0.4 is 15.5 Å². The van der Waals surface area contributed by atoms with Crippen LogP contribution in [0.4, 0.5) is 11.4 Å². The van der Waals surface area contributed by atoms with Crippen LogP contribution in [0, 0.1) is 0 Å². The van der Waals surface area contributed by atoms with Crippen molar-refractivity contribution in [2.24, 2.45) is 0 Å². The van der Waals surface area contributed by atoms with Crippen LogP contribution in [0.25, 0.3) is 0 Å². The first-order valence-electron chi connectivity index (χ1n) is 7.59. The molecule has 0 aliphatic carbocycles. The molecule has 1 amide bonds. The van der Waals surface area contributed by atoms with Crippen molar-refractivity contribution < 1.29 is 9.53 Å². The van der Waals surface area contributed by atoms with Gasteiger partial charge in [0.15, 0.2) is 0 Å². The molecule has 1 aromatic rings. The normalized spacial score (nSPS) is 15.8. The molecule has 2 N–H and O–H groups in total. The van der Waals surface area contributed by atoms with Crippen LogP contribution in [0.3, 0.4) is 0 Å². The zero-order valence-corrected chi connectivity index (χ0v) is 12.9. The van der Waals surface area contributed by atoms with Gasteiger partial charge in [-0.2, -0.15) is 0 Å². The third-order valence-electron chi connectivity index (χ3n) is 3.72. The Bertz CT molecular complexity index is 441. The number of rotatable bonds is 7. The molecule has 1 fully saturated rings. The first kappa shape index (κ1) is 15.6. The molecule has 0 spiro atoms. The lowest BCUT2D eigenvalue weighted by Gasteiger charge is -2.19. The second kappa shape index (κ2) is 7.88. The second-order valence-electron chi connectivity index (χ2n) is 5.39. The molecule has 1 aliphatic rings. The van der Waals surface area contributed by atoms with E-state index in [4.69, 9.17) is 4.74 Å². The SMILES string of the molecule is COCCNC(=O)C(C)Nc1ccc(N2CCCC2)cc1. The van der Waals surface area contributed by atoms with Crippen LogP contribution in [0.1, 0.15) is 19.8 Å². The van der Waals surface area contributed by atoms with Gasteiger partial charge in [-0.1, -0.05) is 0 Å². The van der Waals surface area contributed by atoms with Crippen molar-refractivity contribution >= 4 is 17.3 Å². The smallest absolute Gasteiger partial charge is 0.242 e.